The largest absolute Gasteiger partial charge is 0.371 e. The molecule has 1 heterocycles. The Balaban J connectivity index is 2.22. The first-order valence-electron chi connectivity index (χ1n) is 9.34. The number of nitro benzene ring substituents is 1. The summed E-state index contributed by atoms with van der Waals surface area (Å²) in [6.07, 6.45) is 3.52. The zero-order chi connectivity index (χ0) is 20.9. The zero-order valence-electron chi connectivity index (χ0n) is 16.5. The first-order chi connectivity index (χ1) is 13.0. The van der Waals surface area contributed by atoms with Gasteiger partial charge in [0.15, 0.2) is 0 Å². The van der Waals surface area contributed by atoms with Crippen molar-refractivity contribution in [2.45, 2.75) is 56.9 Å². The van der Waals surface area contributed by atoms with Crippen molar-refractivity contribution in [2.24, 2.45) is 0 Å². The van der Waals surface area contributed by atoms with Gasteiger partial charge in [-0.2, -0.15) is 4.31 Å². The van der Waals surface area contributed by atoms with Crippen molar-refractivity contribution in [1.82, 2.24) is 9.62 Å². The summed E-state index contributed by atoms with van der Waals surface area (Å²) < 4.78 is 27.1. The number of carbonyl (C=O) groups is 1. The molecule has 0 bridgehead atoms. The van der Waals surface area contributed by atoms with E-state index < -0.39 is 20.5 Å². The fraction of sp³-hybridized carbons (Fsp3) is 0.611. The molecule has 1 amide bonds. The average Bonchev–Trinajstić information content (AvgIpc) is 2.88. The van der Waals surface area contributed by atoms with Gasteiger partial charge in [-0.3, -0.25) is 14.9 Å². The van der Waals surface area contributed by atoms with Crippen LogP contribution in [0.4, 0.5) is 11.4 Å². The van der Waals surface area contributed by atoms with Crippen LogP contribution in [-0.2, 0) is 14.8 Å². The summed E-state index contributed by atoms with van der Waals surface area (Å²) in [6.45, 7) is 6.17. The van der Waals surface area contributed by atoms with E-state index in [2.05, 4.69) is 10.6 Å². The predicted octanol–water partition coefficient (Wildman–Crippen LogP) is 2.49. The minimum atomic E-state index is -3.79. The highest BCUT2D eigenvalue weighted by atomic mass is 32.2. The number of rotatable bonds is 6. The van der Waals surface area contributed by atoms with Gasteiger partial charge in [0.05, 0.1) is 16.4 Å². The summed E-state index contributed by atoms with van der Waals surface area (Å²) in [5, 5.41) is 16.9. The number of nitrogens with zero attached hydrogens (tertiary/aromatic N) is 2. The molecule has 9 nitrogen and oxygen atoms in total. The third-order valence-corrected chi connectivity index (χ3v) is 6.22. The Bertz CT molecular complexity index is 825. The number of nitrogens with one attached hydrogen (secondary N) is 2. The molecule has 1 aliphatic rings. The van der Waals surface area contributed by atoms with Crippen LogP contribution >= 0.6 is 0 Å². The van der Waals surface area contributed by atoms with E-state index in [9.17, 15) is 23.3 Å². The van der Waals surface area contributed by atoms with E-state index in [-0.39, 0.29) is 28.7 Å². The second-order valence-corrected chi connectivity index (χ2v) is 9.84. The lowest BCUT2D eigenvalue weighted by atomic mass is 10.1. The summed E-state index contributed by atoms with van der Waals surface area (Å²) in [5.41, 5.74) is -0.696. The summed E-state index contributed by atoms with van der Waals surface area (Å²) in [7, 11) is -3.79. The van der Waals surface area contributed by atoms with Crippen molar-refractivity contribution in [3.63, 3.8) is 0 Å². The zero-order valence-corrected chi connectivity index (χ0v) is 17.3. The maximum atomic E-state index is 12.9. The number of sulfonamides is 1. The van der Waals surface area contributed by atoms with Gasteiger partial charge in [0.1, 0.15) is 5.69 Å². The molecule has 2 N–H and O–H groups in total. The van der Waals surface area contributed by atoms with Crippen molar-refractivity contribution < 1.29 is 18.1 Å². The molecule has 1 saturated heterocycles. The van der Waals surface area contributed by atoms with E-state index in [0.717, 1.165) is 31.7 Å². The highest BCUT2D eigenvalue weighted by Crippen LogP contribution is 2.29. The molecule has 1 fully saturated rings. The minimum absolute atomic E-state index is 0.101. The molecule has 1 aliphatic heterocycles. The quantitative estimate of drug-likeness (QED) is 0.547. The van der Waals surface area contributed by atoms with Gasteiger partial charge >= 0.3 is 0 Å². The van der Waals surface area contributed by atoms with Gasteiger partial charge in [0, 0.05) is 24.7 Å². The minimum Gasteiger partial charge on any atom is -0.371 e. The van der Waals surface area contributed by atoms with Crippen LogP contribution in [0.3, 0.4) is 0 Å². The molecular formula is C18H28N4O5S. The Morgan fingerprint density at radius 3 is 2.32 bits per heavy atom. The van der Waals surface area contributed by atoms with Crippen molar-refractivity contribution in [2.75, 3.05) is 25.0 Å². The molecular weight excluding hydrogens is 384 g/mol. The summed E-state index contributed by atoms with van der Waals surface area (Å²) >= 11 is 0. The molecule has 156 valence electrons. The molecule has 0 aromatic heterocycles. The monoisotopic (exact) mass is 412 g/mol. The first kappa shape index (κ1) is 22.1. The molecule has 0 saturated carbocycles. The highest BCUT2D eigenvalue weighted by molar-refractivity contribution is 7.89. The normalized spacial score (nSPS) is 16.2. The van der Waals surface area contributed by atoms with Crippen LogP contribution in [0.1, 0.15) is 46.5 Å². The Labute approximate surface area is 165 Å². The smallest absolute Gasteiger partial charge is 0.293 e. The van der Waals surface area contributed by atoms with Gasteiger partial charge in [-0.25, -0.2) is 8.42 Å². The van der Waals surface area contributed by atoms with Crippen LogP contribution in [0.2, 0.25) is 0 Å². The Morgan fingerprint density at radius 1 is 1.18 bits per heavy atom. The van der Waals surface area contributed by atoms with Crippen LogP contribution in [0.15, 0.2) is 23.1 Å². The summed E-state index contributed by atoms with van der Waals surface area (Å²) in [6, 6.07) is 3.74. The first-order valence-corrected chi connectivity index (χ1v) is 10.8. The number of anilines is 1. The Morgan fingerprint density at radius 2 is 1.79 bits per heavy atom. The molecule has 10 heteroatoms. The molecule has 28 heavy (non-hydrogen) atoms. The van der Waals surface area contributed by atoms with Gasteiger partial charge in [0.2, 0.25) is 15.9 Å². The third-order valence-electron chi connectivity index (χ3n) is 4.32. The van der Waals surface area contributed by atoms with Crippen LogP contribution in [0, 0.1) is 10.1 Å². The van der Waals surface area contributed by atoms with Gasteiger partial charge in [-0.15, -0.1) is 0 Å². The SMILES string of the molecule is CC(C)(C)NC(=O)CNc1ccc(S(=O)(=O)N2CCCCCC2)cc1[N+](=O)[O-]. The third kappa shape index (κ3) is 5.90. The van der Waals surface area contributed by atoms with E-state index in [1.54, 1.807) is 0 Å². The molecule has 0 aliphatic carbocycles. The van der Waals surface area contributed by atoms with Crippen molar-refractivity contribution >= 4 is 27.3 Å². The second-order valence-electron chi connectivity index (χ2n) is 7.91. The van der Waals surface area contributed by atoms with Crippen molar-refractivity contribution in [3.05, 3.63) is 28.3 Å². The van der Waals surface area contributed by atoms with Crippen LogP contribution in [0.25, 0.3) is 0 Å². The lowest BCUT2D eigenvalue weighted by Gasteiger charge is -2.21. The average molecular weight is 413 g/mol. The lowest BCUT2D eigenvalue weighted by molar-refractivity contribution is -0.384. The van der Waals surface area contributed by atoms with Crippen LogP contribution in [-0.4, -0.2) is 48.7 Å². The molecule has 1 aromatic carbocycles. The Kier molecular flexibility index (Phi) is 7.00. The summed E-state index contributed by atoms with van der Waals surface area (Å²) in [5.74, 6) is -0.317. The van der Waals surface area contributed by atoms with E-state index >= 15 is 0 Å². The standard InChI is InChI=1S/C18H28N4O5S/c1-18(2,3)20-17(23)13-19-15-9-8-14(12-16(15)22(24)25)28(26,27)21-10-6-4-5-7-11-21/h8-9,12,19H,4-7,10-11,13H2,1-3H3,(H,20,23). The van der Waals surface area contributed by atoms with Gasteiger partial charge in [-0.05, 0) is 45.7 Å². The molecule has 1 aromatic rings. The fourth-order valence-corrected chi connectivity index (χ4v) is 4.58. The van der Waals surface area contributed by atoms with Gasteiger partial charge in [0.25, 0.3) is 5.69 Å². The van der Waals surface area contributed by atoms with Gasteiger partial charge in [-0.1, -0.05) is 12.8 Å². The van der Waals surface area contributed by atoms with Crippen LogP contribution < -0.4 is 10.6 Å². The van der Waals surface area contributed by atoms with E-state index in [0.29, 0.717) is 13.1 Å². The molecule has 0 radical (unpaired) electrons. The number of amides is 1. The van der Waals surface area contributed by atoms with Crippen molar-refractivity contribution in [1.29, 1.82) is 0 Å². The second kappa shape index (κ2) is 8.87. The Hall–Kier alpha value is -2.20. The van der Waals surface area contributed by atoms with E-state index in [1.807, 2.05) is 20.8 Å². The van der Waals surface area contributed by atoms with Gasteiger partial charge < -0.3 is 10.6 Å². The van der Waals surface area contributed by atoms with E-state index in [1.165, 1.54) is 16.4 Å². The maximum Gasteiger partial charge on any atom is 0.293 e. The topological polar surface area (TPSA) is 122 Å². The lowest BCUT2D eigenvalue weighted by Crippen LogP contribution is -2.43. The fourth-order valence-electron chi connectivity index (χ4n) is 3.04. The molecule has 2 rings (SSSR count). The molecule has 0 spiro atoms. The number of nitro groups is 1. The van der Waals surface area contributed by atoms with Crippen LogP contribution in [0.5, 0.6) is 0 Å². The number of hydrogen-bond acceptors (Lipinski definition) is 6. The molecule has 0 atom stereocenters. The predicted molar refractivity (Wildman–Crippen MR) is 107 cm³/mol. The maximum absolute atomic E-state index is 12.9. The van der Waals surface area contributed by atoms with E-state index in [4.69, 9.17) is 0 Å². The highest BCUT2D eigenvalue weighted by Gasteiger charge is 2.28. The number of carbonyl (C=O) groups excluding carboxylic acids is 1. The summed E-state index contributed by atoms with van der Waals surface area (Å²) in [4.78, 5) is 22.6. The number of benzene rings is 1. The van der Waals surface area contributed by atoms with Crippen molar-refractivity contribution in [3.8, 4) is 0 Å². The number of hydrogen-bond donors (Lipinski definition) is 2. The molecule has 0 unspecified atom stereocenters.